The first-order valence-corrected chi connectivity index (χ1v) is 4.85. The Labute approximate surface area is 84.5 Å². The molecule has 0 aliphatic heterocycles. The van der Waals surface area contributed by atoms with E-state index in [-0.39, 0.29) is 11.6 Å². The third kappa shape index (κ3) is 2.68. The first-order chi connectivity index (χ1) is 5.74. The minimum absolute atomic E-state index is 0.271. The Morgan fingerprint density at radius 1 is 1.50 bits per heavy atom. The second-order valence-corrected chi connectivity index (χ2v) is 3.51. The lowest BCUT2D eigenvalue weighted by molar-refractivity contribution is 0.325. The molecule has 0 spiro atoms. The van der Waals surface area contributed by atoms with Crippen LogP contribution in [0.25, 0.3) is 0 Å². The Morgan fingerprint density at radius 3 is 2.83 bits per heavy atom. The van der Waals surface area contributed by atoms with Crippen molar-refractivity contribution in [3.05, 3.63) is 28.5 Å². The van der Waals surface area contributed by atoms with Gasteiger partial charge in [0.2, 0.25) is 0 Å². The van der Waals surface area contributed by atoms with Crippen molar-refractivity contribution in [1.82, 2.24) is 0 Å². The Balaban J connectivity index is 2.72. The molecule has 0 amide bonds. The van der Waals surface area contributed by atoms with Gasteiger partial charge in [-0.05, 0) is 18.2 Å². The van der Waals surface area contributed by atoms with Crippen LogP contribution in [0.3, 0.4) is 0 Å². The van der Waals surface area contributed by atoms with Crippen molar-refractivity contribution in [3.8, 4) is 5.75 Å². The molecule has 1 nitrogen and oxygen atoms in total. The molecule has 0 aliphatic rings. The van der Waals surface area contributed by atoms with E-state index in [1.165, 1.54) is 6.07 Å². The van der Waals surface area contributed by atoms with Gasteiger partial charge in [-0.1, -0.05) is 15.9 Å². The normalized spacial score (nSPS) is 9.92. The van der Waals surface area contributed by atoms with E-state index in [9.17, 15) is 4.39 Å². The Hall–Kier alpha value is -0.220. The van der Waals surface area contributed by atoms with Gasteiger partial charge in [0.05, 0.1) is 6.61 Å². The van der Waals surface area contributed by atoms with Crippen molar-refractivity contribution < 1.29 is 9.13 Å². The molecule has 4 heteroatoms. The summed E-state index contributed by atoms with van der Waals surface area (Å²) in [4.78, 5) is 0. The molecule has 0 heterocycles. The fourth-order valence-electron chi connectivity index (χ4n) is 0.748. The molecular weight excluding hydrogens is 243 g/mol. The van der Waals surface area contributed by atoms with Gasteiger partial charge in [0, 0.05) is 10.2 Å². The van der Waals surface area contributed by atoms with Gasteiger partial charge in [-0.15, -0.1) is 0 Å². The van der Waals surface area contributed by atoms with E-state index in [4.69, 9.17) is 4.74 Å². The zero-order valence-electron chi connectivity index (χ0n) is 6.26. The minimum Gasteiger partial charge on any atom is -0.490 e. The number of halogens is 2. The van der Waals surface area contributed by atoms with Crippen LogP contribution in [0.4, 0.5) is 4.39 Å². The molecule has 0 aliphatic carbocycles. The number of thiol groups is 1. The number of hydrogen-bond donors (Lipinski definition) is 1. The molecule has 1 aromatic carbocycles. The smallest absolute Gasteiger partial charge is 0.166 e. The van der Waals surface area contributed by atoms with Crippen molar-refractivity contribution >= 4 is 28.6 Å². The van der Waals surface area contributed by atoms with Crippen LogP contribution < -0.4 is 4.74 Å². The fourth-order valence-corrected chi connectivity index (χ4v) is 1.17. The van der Waals surface area contributed by atoms with E-state index in [2.05, 4.69) is 28.6 Å². The number of benzene rings is 1. The van der Waals surface area contributed by atoms with Crippen LogP contribution in [0.5, 0.6) is 5.75 Å². The summed E-state index contributed by atoms with van der Waals surface area (Å²) in [7, 11) is 0. The zero-order chi connectivity index (χ0) is 8.97. The van der Waals surface area contributed by atoms with Crippen LogP contribution in [-0.4, -0.2) is 12.4 Å². The highest BCUT2D eigenvalue weighted by atomic mass is 79.9. The molecule has 1 rings (SSSR count). The molecule has 0 aromatic heterocycles. The van der Waals surface area contributed by atoms with Gasteiger partial charge in [0.25, 0.3) is 0 Å². The molecule has 0 bridgehead atoms. The van der Waals surface area contributed by atoms with Crippen LogP contribution in [0.2, 0.25) is 0 Å². The summed E-state index contributed by atoms with van der Waals surface area (Å²) in [6, 6.07) is 4.69. The molecule has 0 saturated carbocycles. The Morgan fingerprint density at radius 2 is 2.25 bits per heavy atom. The van der Waals surface area contributed by atoms with Crippen molar-refractivity contribution in [1.29, 1.82) is 0 Å². The molecule has 0 unspecified atom stereocenters. The second-order valence-electron chi connectivity index (χ2n) is 2.15. The third-order valence-electron chi connectivity index (χ3n) is 1.24. The van der Waals surface area contributed by atoms with Crippen molar-refractivity contribution in [2.24, 2.45) is 0 Å². The van der Waals surface area contributed by atoms with E-state index in [0.29, 0.717) is 16.8 Å². The fraction of sp³-hybridized carbons (Fsp3) is 0.250. The lowest BCUT2D eigenvalue weighted by Gasteiger charge is -2.04. The summed E-state index contributed by atoms with van der Waals surface area (Å²) in [5.74, 6) is 0.494. The number of hydrogen-bond acceptors (Lipinski definition) is 2. The topological polar surface area (TPSA) is 9.23 Å². The summed E-state index contributed by atoms with van der Waals surface area (Å²) in [6.07, 6.45) is 0. The predicted octanol–water partition coefficient (Wildman–Crippen LogP) is 2.90. The summed E-state index contributed by atoms with van der Waals surface area (Å²) >= 11 is 7.10. The van der Waals surface area contributed by atoms with Gasteiger partial charge >= 0.3 is 0 Å². The van der Waals surface area contributed by atoms with E-state index >= 15 is 0 Å². The standard InChI is InChI=1S/C8H8BrFOS/c9-6-1-2-8(7(10)5-6)11-3-4-12/h1-2,5,12H,3-4H2. The zero-order valence-corrected chi connectivity index (χ0v) is 8.74. The van der Waals surface area contributed by atoms with Gasteiger partial charge in [-0.3, -0.25) is 0 Å². The SMILES string of the molecule is Fc1cc(Br)ccc1OCCS. The van der Waals surface area contributed by atoms with E-state index in [1.807, 2.05) is 0 Å². The largest absolute Gasteiger partial charge is 0.490 e. The van der Waals surface area contributed by atoms with Crippen LogP contribution >= 0.6 is 28.6 Å². The van der Waals surface area contributed by atoms with Gasteiger partial charge in [0.15, 0.2) is 11.6 Å². The van der Waals surface area contributed by atoms with Gasteiger partial charge in [-0.2, -0.15) is 12.6 Å². The summed E-state index contributed by atoms with van der Waals surface area (Å²) in [5.41, 5.74) is 0. The second kappa shape index (κ2) is 4.72. The lowest BCUT2D eigenvalue weighted by Crippen LogP contribution is -1.99. The molecule has 0 N–H and O–H groups in total. The number of rotatable bonds is 3. The molecule has 12 heavy (non-hydrogen) atoms. The maximum Gasteiger partial charge on any atom is 0.166 e. The Kier molecular flexibility index (Phi) is 3.88. The van der Waals surface area contributed by atoms with Gasteiger partial charge in [-0.25, -0.2) is 4.39 Å². The first-order valence-electron chi connectivity index (χ1n) is 3.43. The Bertz CT molecular complexity index is 267. The molecule has 0 atom stereocenters. The van der Waals surface area contributed by atoms with Crippen LogP contribution in [0.1, 0.15) is 0 Å². The van der Waals surface area contributed by atoms with Crippen molar-refractivity contribution in [2.45, 2.75) is 0 Å². The maximum absolute atomic E-state index is 13.0. The van der Waals surface area contributed by atoms with Crippen LogP contribution in [0, 0.1) is 5.82 Å². The monoisotopic (exact) mass is 250 g/mol. The summed E-state index contributed by atoms with van der Waals surface area (Å²) < 4.78 is 18.8. The number of ether oxygens (including phenoxy) is 1. The lowest BCUT2D eigenvalue weighted by atomic mass is 10.3. The minimum atomic E-state index is -0.355. The maximum atomic E-state index is 13.0. The highest BCUT2D eigenvalue weighted by molar-refractivity contribution is 9.10. The predicted molar refractivity (Wildman–Crippen MR) is 53.4 cm³/mol. The molecule has 1 aromatic rings. The molecular formula is C8H8BrFOS. The summed E-state index contributed by atoms with van der Waals surface area (Å²) in [5, 5.41) is 0. The molecule has 0 saturated heterocycles. The first kappa shape index (κ1) is 9.86. The van der Waals surface area contributed by atoms with Crippen LogP contribution in [0.15, 0.2) is 22.7 Å². The van der Waals surface area contributed by atoms with E-state index in [0.717, 1.165) is 0 Å². The quantitative estimate of drug-likeness (QED) is 0.812. The third-order valence-corrected chi connectivity index (χ3v) is 1.92. The van der Waals surface area contributed by atoms with Gasteiger partial charge in [0.1, 0.15) is 0 Å². The molecule has 0 radical (unpaired) electrons. The van der Waals surface area contributed by atoms with Crippen LogP contribution in [-0.2, 0) is 0 Å². The highest BCUT2D eigenvalue weighted by Crippen LogP contribution is 2.21. The summed E-state index contributed by atoms with van der Waals surface area (Å²) in [6.45, 7) is 0.418. The highest BCUT2D eigenvalue weighted by Gasteiger charge is 2.02. The van der Waals surface area contributed by atoms with E-state index < -0.39 is 0 Å². The molecule has 0 fully saturated rings. The molecule has 66 valence electrons. The van der Waals surface area contributed by atoms with Crippen molar-refractivity contribution in [2.75, 3.05) is 12.4 Å². The van der Waals surface area contributed by atoms with Crippen molar-refractivity contribution in [3.63, 3.8) is 0 Å². The average Bonchev–Trinajstić information content (AvgIpc) is 2.03. The van der Waals surface area contributed by atoms with Gasteiger partial charge < -0.3 is 4.74 Å². The van der Waals surface area contributed by atoms with E-state index in [1.54, 1.807) is 12.1 Å². The average molecular weight is 251 g/mol.